The fourth-order valence-corrected chi connectivity index (χ4v) is 6.13. The van der Waals surface area contributed by atoms with Gasteiger partial charge in [-0.15, -0.1) is 0 Å². The molecule has 0 bridgehead atoms. The summed E-state index contributed by atoms with van der Waals surface area (Å²) in [5.41, 5.74) is 11.2. The van der Waals surface area contributed by atoms with Crippen LogP contribution in [0.5, 0.6) is 0 Å². The predicted octanol–water partition coefficient (Wildman–Crippen LogP) is 7.31. The maximum atomic E-state index is 6.77. The zero-order chi connectivity index (χ0) is 33.5. The van der Waals surface area contributed by atoms with Crippen molar-refractivity contribution in [3.05, 3.63) is 144 Å². The standard InChI is InChI=1S/C41H48N2O6/c42-24-13-4-14-25-44-40-38(47-29-32-17-7-2-8-18-32)37(46-28-31-15-5-1-6-16-31)39(48-30-33-19-9-3-10-20-33)41(49-40)45-26-23-34-27-43-36-22-12-11-21-35(34)36/h1-3,5-12,15-22,27,37-41,43H,4,13-14,23-26,28-30,42H2/t37-,38-,39+,40?,41?/m0/s1. The smallest absolute Gasteiger partial charge is 0.189 e. The van der Waals surface area contributed by atoms with Crippen LogP contribution in [0.1, 0.15) is 41.5 Å². The van der Waals surface area contributed by atoms with Gasteiger partial charge in [-0.3, -0.25) is 0 Å². The SMILES string of the molecule is NCCCCCOC1OC(OCCc2c[nH]c3ccccc23)[C@H](OCc2ccccc2)[C@@H](OCc2ccccc2)[C@@H]1OCc1ccccc1. The molecule has 8 heteroatoms. The van der Waals surface area contributed by atoms with Crippen LogP contribution in [-0.4, -0.2) is 55.6 Å². The highest BCUT2D eigenvalue weighted by Crippen LogP contribution is 2.32. The van der Waals surface area contributed by atoms with Crippen LogP contribution in [0.15, 0.2) is 121 Å². The van der Waals surface area contributed by atoms with Crippen molar-refractivity contribution in [1.29, 1.82) is 0 Å². The first kappa shape index (κ1) is 35.0. The van der Waals surface area contributed by atoms with Gasteiger partial charge in [-0.25, -0.2) is 0 Å². The average Bonchev–Trinajstić information content (AvgIpc) is 3.57. The summed E-state index contributed by atoms with van der Waals surface area (Å²) >= 11 is 0. The highest BCUT2D eigenvalue weighted by molar-refractivity contribution is 5.83. The summed E-state index contributed by atoms with van der Waals surface area (Å²) in [4.78, 5) is 3.37. The van der Waals surface area contributed by atoms with Crippen molar-refractivity contribution in [2.75, 3.05) is 19.8 Å². The molecule has 2 heterocycles. The first-order chi connectivity index (χ1) is 24.3. The van der Waals surface area contributed by atoms with Gasteiger partial charge in [0.05, 0.1) is 26.4 Å². The van der Waals surface area contributed by atoms with E-state index in [4.69, 9.17) is 34.2 Å². The molecule has 1 fully saturated rings. The monoisotopic (exact) mass is 664 g/mol. The molecule has 0 amide bonds. The van der Waals surface area contributed by atoms with Gasteiger partial charge in [0.1, 0.15) is 18.3 Å². The summed E-state index contributed by atoms with van der Waals surface area (Å²) in [7, 11) is 0. The number of aromatic nitrogens is 1. The molecule has 8 nitrogen and oxygen atoms in total. The number of H-pyrrole nitrogens is 1. The second kappa shape index (κ2) is 18.8. The van der Waals surface area contributed by atoms with Crippen LogP contribution in [0, 0.1) is 0 Å². The minimum Gasteiger partial charge on any atom is -0.368 e. The Morgan fingerprint density at radius 2 is 1.04 bits per heavy atom. The molecular formula is C41H48N2O6. The number of aromatic amines is 1. The highest BCUT2D eigenvalue weighted by atomic mass is 16.8. The van der Waals surface area contributed by atoms with E-state index in [1.807, 2.05) is 91.1 Å². The zero-order valence-electron chi connectivity index (χ0n) is 28.0. The van der Waals surface area contributed by atoms with Crippen molar-refractivity contribution in [2.24, 2.45) is 5.73 Å². The molecule has 6 rings (SSSR count). The third kappa shape index (κ3) is 10.1. The normalized spacial score (nSPS) is 20.9. The minimum atomic E-state index is -0.764. The van der Waals surface area contributed by atoms with Crippen molar-refractivity contribution in [3.63, 3.8) is 0 Å². The molecule has 0 aliphatic carbocycles. The maximum Gasteiger partial charge on any atom is 0.189 e. The van der Waals surface area contributed by atoms with Gasteiger partial charge >= 0.3 is 0 Å². The summed E-state index contributed by atoms with van der Waals surface area (Å²) in [5.74, 6) is 0. The van der Waals surface area contributed by atoms with Gasteiger partial charge in [-0.2, -0.15) is 0 Å². The Bertz CT molecular complexity index is 1630. The van der Waals surface area contributed by atoms with Crippen LogP contribution >= 0.6 is 0 Å². The molecule has 3 N–H and O–H groups in total. The summed E-state index contributed by atoms with van der Waals surface area (Å²) < 4.78 is 39.9. The average molecular weight is 665 g/mol. The lowest BCUT2D eigenvalue weighted by molar-refractivity contribution is -0.369. The summed E-state index contributed by atoms with van der Waals surface area (Å²) in [6, 6.07) is 38.7. The van der Waals surface area contributed by atoms with Gasteiger partial charge in [0.25, 0.3) is 0 Å². The molecule has 258 valence electrons. The van der Waals surface area contributed by atoms with E-state index < -0.39 is 30.9 Å². The molecule has 4 aromatic carbocycles. The fraction of sp³-hybridized carbons (Fsp3) is 0.366. The molecule has 1 saturated heterocycles. The summed E-state index contributed by atoms with van der Waals surface area (Å²) in [6.07, 6.45) is 2.26. The number of unbranched alkanes of at least 4 members (excludes halogenated alkanes) is 2. The molecular weight excluding hydrogens is 616 g/mol. The van der Waals surface area contributed by atoms with Crippen LogP contribution < -0.4 is 5.73 Å². The van der Waals surface area contributed by atoms with Crippen LogP contribution in [0.2, 0.25) is 0 Å². The Labute approximate surface area is 289 Å². The van der Waals surface area contributed by atoms with Gasteiger partial charge in [0.15, 0.2) is 12.6 Å². The Balaban J connectivity index is 1.27. The lowest BCUT2D eigenvalue weighted by atomic mass is 10.0. The largest absolute Gasteiger partial charge is 0.368 e. The highest BCUT2D eigenvalue weighted by Gasteiger charge is 2.49. The molecule has 5 atom stereocenters. The molecule has 0 saturated carbocycles. The second-order valence-electron chi connectivity index (χ2n) is 12.4. The number of rotatable bonds is 19. The molecule has 5 aromatic rings. The van der Waals surface area contributed by atoms with E-state index in [0.29, 0.717) is 46.0 Å². The van der Waals surface area contributed by atoms with Crippen molar-refractivity contribution in [3.8, 4) is 0 Å². The third-order valence-electron chi connectivity index (χ3n) is 8.77. The molecule has 1 aromatic heterocycles. The van der Waals surface area contributed by atoms with Crippen LogP contribution in [-0.2, 0) is 54.7 Å². The molecule has 0 radical (unpaired) electrons. The number of hydrogen-bond donors (Lipinski definition) is 2. The van der Waals surface area contributed by atoms with Gasteiger partial charge < -0.3 is 39.1 Å². The lowest BCUT2D eigenvalue weighted by Gasteiger charge is -2.45. The molecule has 1 aliphatic rings. The molecule has 1 aliphatic heterocycles. The van der Waals surface area contributed by atoms with Crippen LogP contribution in [0.25, 0.3) is 10.9 Å². The first-order valence-corrected chi connectivity index (χ1v) is 17.4. The van der Waals surface area contributed by atoms with Crippen molar-refractivity contribution >= 4 is 10.9 Å². The maximum absolute atomic E-state index is 6.77. The lowest BCUT2D eigenvalue weighted by Crippen LogP contribution is -2.61. The second-order valence-corrected chi connectivity index (χ2v) is 12.4. The number of nitrogens with two attached hydrogens (primary N) is 1. The van der Waals surface area contributed by atoms with E-state index in [0.717, 1.165) is 41.5 Å². The Hall–Kier alpha value is -3.86. The fourth-order valence-electron chi connectivity index (χ4n) is 6.13. The quantitative estimate of drug-likeness (QED) is 0.0894. The topological polar surface area (TPSA) is 97.2 Å². The molecule has 0 spiro atoms. The molecule has 2 unspecified atom stereocenters. The van der Waals surface area contributed by atoms with Gasteiger partial charge in [0, 0.05) is 23.7 Å². The Morgan fingerprint density at radius 1 is 0.531 bits per heavy atom. The summed E-state index contributed by atoms with van der Waals surface area (Å²) in [5, 5.41) is 1.18. The van der Waals surface area contributed by atoms with E-state index in [1.54, 1.807) is 0 Å². The Morgan fingerprint density at radius 3 is 1.61 bits per heavy atom. The minimum absolute atomic E-state index is 0.360. The van der Waals surface area contributed by atoms with Gasteiger partial charge in [-0.1, -0.05) is 109 Å². The zero-order valence-corrected chi connectivity index (χ0v) is 28.0. The van der Waals surface area contributed by atoms with Crippen LogP contribution in [0.3, 0.4) is 0 Å². The number of ether oxygens (including phenoxy) is 6. The van der Waals surface area contributed by atoms with E-state index in [1.165, 1.54) is 10.9 Å². The third-order valence-corrected chi connectivity index (χ3v) is 8.77. The van der Waals surface area contributed by atoms with Gasteiger partial charge in [-0.05, 0) is 60.5 Å². The number of hydrogen-bond acceptors (Lipinski definition) is 7. The molecule has 49 heavy (non-hydrogen) atoms. The van der Waals surface area contributed by atoms with Crippen LogP contribution in [0.4, 0.5) is 0 Å². The van der Waals surface area contributed by atoms with E-state index >= 15 is 0 Å². The van der Waals surface area contributed by atoms with E-state index in [2.05, 4.69) is 35.3 Å². The van der Waals surface area contributed by atoms with E-state index in [9.17, 15) is 0 Å². The van der Waals surface area contributed by atoms with Crippen molar-refractivity contribution < 1.29 is 28.4 Å². The summed E-state index contributed by atoms with van der Waals surface area (Å²) in [6.45, 7) is 2.67. The van der Waals surface area contributed by atoms with E-state index in [-0.39, 0.29) is 0 Å². The number of fused-ring (bicyclic) bond motifs is 1. The number of nitrogens with one attached hydrogen (secondary N) is 1. The first-order valence-electron chi connectivity index (χ1n) is 17.4. The number of benzene rings is 4. The van der Waals surface area contributed by atoms with Crippen molar-refractivity contribution in [1.82, 2.24) is 4.98 Å². The van der Waals surface area contributed by atoms with Crippen molar-refractivity contribution in [2.45, 2.75) is 76.4 Å². The number of para-hydroxylation sites is 1. The van der Waals surface area contributed by atoms with Gasteiger partial charge in [0.2, 0.25) is 0 Å². The predicted molar refractivity (Wildman–Crippen MR) is 191 cm³/mol. The Kier molecular flexibility index (Phi) is 13.4.